The molecule has 0 radical (unpaired) electrons. The number of hydrogen-bond donors (Lipinski definition) is 3. The molecule has 9 heteroatoms. The van der Waals surface area contributed by atoms with Crippen LogP contribution in [0.25, 0.3) is 0 Å². The van der Waals surface area contributed by atoms with Crippen LogP contribution in [0.4, 0.5) is 4.79 Å². The van der Waals surface area contributed by atoms with Gasteiger partial charge in [-0.2, -0.15) is 13.1 Å². The number of hydrogen-bond acceptors (Lipinski definition) is 5. The molecule has 0 spiro atoms. The van der Waals surface area contributed by atoms with Gasteiger partial charge in [-0.05, 0) is 13.8 Å². The van der Waals surface area contributed by atoms with Gasteiger partial charge in [-0.25, -0.2) is 9.52 Å². The normalized spacial score (nSPS) is 12.3. The molecule has 0 aliphatic carbocycles. The van der Waals surface area contributed by atoms with Crippen molar-refractivity contribution in [2.75, 3.05) is 6.54 Å². The van der Waals surface area contributed by atoms with E-state index < -0.39 is 27.8 Å². The third-order valence-corrected chi connectivity index (χ3v) is 3.44. The van der Waals surface area contributed by atoms with Gasteiger partial charge >= 0.3 is 16.3 Å². The van der Waals surface area contributed by atoms with Crippen LogP contribution < -0.4 is 15.2 Å². The minimum Gasteiger partial charge on any atom is -0.446 e. The highest BCUT2D eigenvalue weighted by molar-refractivity contribution is 7.88. The SMILES string of the molecule is CC(C)OC(=O)NS(=O)(=O)NCC(C)(C)C(N)=S. The molecule has 7 nitrogen and oxygen atoms in total. The monoisotopic (exact) mass is 297 g/mol. The lowest BCUT2D eigenvalue weighted by atomic mass is 9.94. The molecule has 0 aromatic carbocycles. The van der Waals surface area contributed by atoms with Gasteiger partial charge in [0.25, 0.3) is 0 Å². The van der Waals surface area contributed by atoms with E-state index in [0.717, 1.165) is 0 Å². The Morgan fingerprint density at radius 1 is 1.44 bits per heavy atom. The first kappa shape index (κ1) is 17.1. The summed E-state index contributed by atoms with van der Waals surface area (Å²) in [5, 5.41) is 0. The van der Waals surface area contributed by atoms with Gasteiger partial charge in [0, 0.05) is 12.0 Å². The third kappa shape index (κ3) is 6.72. The maximum Gasteiger partial charge on any atom is 0.422 e. The van der Waals surface area contributed by atoms with E-state index in [9.17, 15) is 13.2 Å². The molecule has 0 aromatic rings. The third-order valence-electron chi connectivity index (χ3n) is 1.93. The highest BCUT2D eigenvalue weighted by atomic mass is 32.2. The molecular weight excluding hydrogens is 278 g/mol. The van der Waals surface area contributed by atoms with Crippen molar-refractivity contribution in [2.45, 2.75) is 33.8 Å². The van der Waals surface area contributed by atoms with Crippen molar-refractivity contribution in [3.8, 4) is 0 Å². The largest absolute Gasteiger partial charge is 0.446 e. The number of rotatable bonds is 6. The van der Waals surface area contributed by atoms with E-state index in [1.54, 1.807) is 32.4 Å². The lowest BCUT2D eigenvalue weighted by Crippen LogP contribution is -2.47. The number of carbonyl (C=O) groups is 1. The highest BCUT2D eigenvalue weighted by Gasteiger charge is 2.25. The summed E-state index contributed by atoms with van der Waals surface area (Å²) < 4.78 is 31.5. The molecule has 18 heavy (non-hydrogen) atoms. The van der Waals surface area contributed by atoms with Crippen LogP contribution in [0, 0.1) is 5.41 Å². The van der Waals surface area contributed by atoms with E-state index in [2.05, 4.69) is 9.46 Å². The highest BCUT2D eigenvalue weighted by Crippen LogP contribution is 2.13. The summed E-state index contributed by atoms with van der Waals surface area (Å²) >= 11 is 4.80. The predicted octanol–water partition coefficient (Wildman–Crippen LogP) is 0.268. The van der Waals surface area contributed by atoms with Gasteiger partial charge in [0.15, 0.2) is 0 Å². The summed E-state index contributed by atoms with van der Waals surface area (Å²) in [7, 11) is -3.98. The molecule has 0 heterocycles. The number of carbonyl (C=O) groups excluding carboxylic acids is 1. The average molecular weight is 297 g/mol. The summed E-state index contributed by atoms with van der Waals surface area (Å²) in [6.45, 7) is 6.56. The molecule has 0 atom stereocenters. The summed E-state index contributed by atoms with van der Waals surface area (Å²) in [6, 6.07) is 0. The van der Waals surface area contributed by atoms with Gasteiger partial charge in [0.05, 0.1) is 11.1 Å². The molecule has 0 bridgehead atoms. The van der Waals surface area contributed by atoms with Crippen LogP contribution in [0.15, 0.2) is 0 Å². The molecule has 0 fully saturated rings. The molecule has 0 aromatic heterocycles. The second kappa shape index (κ2) is 6.30. The van der Waals surface area contributed by atoms with Crippen LogP contribution in [-0.2, 0) is 14.9 Å². The molecule has 0 saturated heterocycles. The van der Waals surface area contributed by atoms with Crippen molar-refractivity contribution in [1.29, 1.82) is 0 Å². The van der Waals surface area contributed by atoms with Crippen LogP contribution in [0.3, 0.4) is 0 Å². The Balaban J connectivity index is 4.42. The molecule has 106 valence electrons. The molecule has 0 aliphatic heterocycles. The molecule has 1 amide bonds. The Morgan fingerprint density at radius 3 is 2.33 bits per heavy atom. The minimum absolute atomic E-state index is 0.0212. The van der Waals surface area contributed by atoms with Crippen molar-refractivity contribution in [2.24, 2.45) is 11.1 Å². The fourth-order valence-electron chi connectivity index (χ4n) is 0.746. The van der Waals surface area contributed by atoms with Crippen LogP contribution in [0.5, 0.6) is 0 Å². The molecular formula is C9H19N3O4S2. The van der Waals surface area contributed by atoms with Crippen LogP contribution in [-0.4, -0.2) is 32.1 Å². The Hall–Kier alpha value is -0.930. The van der Waals surface area contributed by atoms with Crippen molar-refractivity contribution >= 4 is 33.5 Å². The Morgan fingerprint density at radius 2 is 1.94 bits per heavy atom. The second-order valence-corrected chi connectivity index (χ2v) is 6.57. The fourth-order valence-corrected chi connectivity index (χ4v) is 1.71. The van der Waals surface area contributed by atoms with Crippen molar-refractivity contribution in [1.82, 2.24) is 9.44 Å². The number of ether oxygens (including phenoxy) is 1. The van der Waals surface area contributed by atoms with E-state index >= 15 is 0 Å². The van der Waals surface area contributed by atoms with Gasteiger partial charge in [-0.3, -0.25) is 0 Å². The second-order valence-electron chi connectivity index (χ2n) is 4.63. The standard InChI is InChI=1S/C9H19N3O4S2/c1-6(2)16-8(13)12-18(14,15)11-5-9(3,4)7(10)17/h6,11H,5H2,1-4H3,(H2,10,17)(H,12,13). The Kier molecular flexibility index (Phi) is 5.97. The summed E-state index contributed by atoms with van der Waals surface area (Å²) in [5.41, 5.74) is 4.76. The van der Waals surface area contributed by atoms with Gasteiger partial charge in [0.2, 0.25) is 0 Å². The number of amides is 1. The van der Waals surface area contributed by atoms with E-state index in [4.69, 9.17) is 18.0 Å². The van der Waals surface area contributed by atoms with E-state index in [1.807, 2.05) is 0 Å². The zero-order valence-electron chi connectivity index (χ0n) is 10.8. The van der Waals surface area contributed by atoms with E-state index in [1.165, 1.54) is 0 Å². The van der Waals surface area contributed by atoms with Crippen LogP contribution in [0.1, 0.15) is 27.7 Å². The lowest BCUT2D eigenvalue weighted by molar-refractivity contribution is 0.121. The average Bonchev–Trinajstić information content (AvgIpc) is 2.12. The summed E-state index contributed by atoms with van der Waals surface area (Å²) in [6.07, 6.45) is -1.45. The van der Waals surface area contributed by atoms with Gasteiger partial charge in [0.1, 0.15) is 0 Å². The molecule has 0 saturated carbocycles. The van der Waals surface area contributed by atoms with E-state index in [0.29, 0.717) is 0 Å². The van der Waals surface area contributed by atoms with Crippen LogP contribution in [0.2, 0.25) is 0 Å². The minimum atomic E-state index is -3.98. The Bertz CT molecular complexity index is 418. The maximum absolute atomic E-state index is 11.5. The summed E-state index contributed by atoms with van der Waals surface area (Å²) in [4.78, 5) is 11.3. The quantitative estimate of drug-likeness (QED) is 0.607. The number of nitrogens with one attached hydrogen (secondary N) is 2. The zero-order valence-corrected chi connectivity index (χ0v) is 12.4. The summed E-state index contributed by atoms with van der Waals surface area (Å²) in [5.74, 6) is 0. The lowest BCUT2D eigenvalue weighted by Gasteiger charge is -2.23. The zero-order chi connectivity index (χ0) is 14.6. The fraction of sp³-hybridized carbons (Fsp3) is 0.778. The van der Waals surface area contributed by atoms with E-state index in [-0.39, 0.29) is 11.5 Å². The number of nitrogens with two attached hydrogens (primary N) is 1. The van der Waals surface area contributed by atoms with Crippen LogP contribution >= 0.6 is 12.2 Å². The molecule has 0 unspecified atom stereocenters. The first-order chi connectivity index (χ1) is 7.96. The molecule has 0 aliphatic rings. The number of thiocarbonyl (C=S) groups is 1. The van der Waals surface area contributed by atoms with Gasteiger partial charge < -0.3 is 10.5 Å². The first-order valence-corrected chi connectivity index (χ1v) is 7.13. The van der Waals surface area contributed by atoms with Gasteiger partial charge in [-0.15, -0.1) is 0 Å². The molecule has 4 N–H and O–H groups in total. The predicted molar refractivity (Wildman–Crippen MR) is 72.2 cm³/mol. The smallest absolute Gasteiger partial charge is 0.422 e. The first-order valence-electron chi connectivity index (χ1n) is 5.24. The molecule has 0 rings (SSSR count). The maximum atomic E-state index is 11.5. The van der Waals surface area contributed by atoms with Crippen molar-refractivity contribution in [3.05, 3.63) is 0 Å². The van der Waals surface area contributed by atoms with Gasteiger partial charge in [-0.1, -0.05) is 26.1 Å². The topological polar surface area (TPSA) is 111 Å². The Labute approximate surface area is 113 Å². The van der Waals surface area contributed by atoms with Crippen molar-refractivity contribution in [3.63, 3.8) is 0 Å². The van der Waals surface area contributed by atoms with Crippen molar-refractivity contribution < 1.29 is 17.9 Å².